The van der Waals surface area contributed by atoms with Gasteiger partial charge in [-0.15, -0.1) is 0 Å². The van der Waals surface area contributed by atoms with Crippen molar-refractivity contribution in [3.05, 3.63) is 77.9 Å². The van der Waals surface area contributed by atoms with Gasteiger partial charge >= 0.3 is 0 Å². The summed E-state index contributed by atoms with van der Waals surface area (Å²) in [7, 11) is 0. The molecule has 0 saturated heterocycles. The average Bonchev–Trinajstić information content (AvgIpc) is 3.09. The van der Waals surface area contributed by atoms with Gasteiger partial charge in [0.2, 0.25) is 0 Å². The highest BCUT2D eigenvalue weighted by atomic mass is 19.1. The standard InChI is InChI=1S/C19H18FN3O2/c1-2-25-18-10-6-3-7-15(18)19(24)21-13-14-11-12-23(22-14)17-9-5-4-8-16(17)20/h3-12H,2,13H2,1H3,(H,21,24). The SMILES string of the molecule is CCOc1ccccc1C(=O)NCc1ccn(-c2ccccc2F)n1. The number of benzene rings is 2. The zero-order valence-electron chi connectivity index (χ0n) is 13.8. The van der Waals surface area contributed by atoms with Gasteiger partial charge in [-0.05, 0) is 37.3 Å². The Morgan fingerprint density at radius 3 is 2.72 bits per heavy atom. The number of nitrogens with one attached hydrogen (secondary N) is 1. The normalized spacial score (nSPS) is 10.5. The Morgan fingerprint density at radius 2 is 1.92 bits per heavy atom. The zero-order valence-corrected chi connectivity index (χ0v) is 13.8. The van der Waals surface area contributed by atoms with Gasteiger partial charge in [0.1, 0.15) is 17.3 Å². The van der Waals surface area contributed by atoms with E-state index in [4.69, 9.17) is 4.74 Å². The van der Waals surface area contributed by atoms with Crippen LogP contribution in [0, 0.1) is 5.82 Å². The van der Waals surface area contributed by atoms with Crippen LogP contribution in [-0.4, -0.2) is 22.3 Å². The predicted octanol–water partition coefficient (Wildman–Crippen LogP) is 3.34. The summed E-state index contributed by atoms with van der Waals surface area (Å²) in [5, 5.41) is 7.10. The summed E-state index contributed by atoms with van der Waals surface area (Å²) in [6, 6.07) is 15.2. The van der Waals surface area contributed by atoms with Crippen LogP contribution >= 0.6 is 0 Å². The maximum Gasteiger partial charge on any atom is 0.255 e. The highest BCUT2D eigenvalue weighted by Crippen LogP contribution is 2.18. The summed E-state index contributed by atoms with van der Waals surface area (Å²) in [6.07, 6.45) is 1.66. The van der Waals surface area contributed by atoms with Gasteiger partial charge in [0.25, 0.3) is 5.91 Å². The molecule has 0 bridgehead atoms. The van der Waals surface area contributed by atoms with Crippen LogP contribution < -0.4 is 10.1 Å². The second-order valence-electron chi connectivity index (χ2n) is 5.31. The molecule has 0 aliphatic rings. The molecule has 25 heavy (non-hydrogen) atoms. The minimum absolute atomic E-state index is 0.237. The zero-order chi connectivity index (χ0) is 17.6. The van der Waals surface area contributed by atoms with Gasteiger partial charge in [0, 0.05) is 6.20 Å². The number of hydrogen-bond acceptors (Lipinski definition) is 3. The molecular weight excluding hydrogens is 321 g/mol. The molecule has 128 valence electrons. The van der Waals surface area contributed by atoms with Crippen molar-refractivity contribution in [2.75, 3.05) is 6.61 Å². The molecule has 1 amide bonds. The summed E-state index contributed by atoms with van der Waals surface area (Å²) in [4.78, 5) is 12.4. The summed E-state index contributed by atoms with van der Waals surface area (Å²) in [5.41, 5.74) is 1.46. The summed E-state index contributed by atoms with van der Waals surface area (Å²) in [6.45, 7) is 2.59. The van der Waals surface area contributed by atoms with Crippen LogP contribution in [0.1, 0.15) is 23.0 Å². The number of aromatic nitrogens is 2. The third-order valence-corrected chi connectivity index (χ3v) is 3.61. The number of ether oxygens (including phenoxy) is 1. The number of carbonyl (C=O) groups is 1. The predicted molar refractivity (Wildman–Crippen MR) is 92.3 cm³/mol. The monoisotopic (exact) mass is 339 g/mol. The van der Waals surface area contributed by atoms with Crippen molar-refractivity contribution in [1.29, 1.82) is 0 Å². The van der Waals surface area contributed by atoms with Crippen molar-refractivity contribution in [1.82, 2.24) is 15.1 Å². The molecule has 0 aliphatic carbocycles. The smallest absolute Gasteiger partial charge is 0.255 e. The Kier molecular flexibility index (Phi) is 5.09. The molecule has 0 atom stereocenters. The molecule has 6 heteroatoms. The molecule has 1 heterocycles. The highest BCUT2D eigenvalue weighted by Gasteiger charge is 2.12. The van der Waals surface area contributed by atoms with Crippen molar-refractivity contribution in [2.24, 2.45) is 0 Å². The fourth-order valence-corrected chi connectivity index (χ4v) is 2.43. The van der Waals surface area contributed by atoms with Crippen LogP contribution in [0.3, 0.4) is 0 Å². The van der Waals surface area contributed by atoms with E-state index in [-0.39, 0.29) is 18.3 Å². The first-order valence-corrected chi connectivity index (χ1v) is 7.98. The molecule has 0 unspecified atom stereocenters. The van der Waals surface area contributed by atoms with Crippen molar-refractivity contribution < 1.29 is 13.9 Å². The van der Waals surface area contributed by atoms with Gasteiger partial charge in [-0.2, -0.15) is 5.10 Å². The maximum absolute atomic E-state index is 13.8. The fourth-order valence-electron chi connectivity index (χ4n) is 2.43. The number of para-hydroxylation sites is 2. The van der Waals surface area contributed by atoms with Crippen molar-refractivity contribution >= 4 is 5.91 Å². The fraction of sp³-hybridized carbons (Fsp3) is 0.158. The van der Waals surface area contributed by atoms with Crippen LogP contribution in [-0.2, 0) is 6.54 Å². The van der Waals surface area contributed by atoms with Crippen LogP contribution in [0.2, 0.25) is 0 Å². The van der Waals surface area contributed by atoms with Crippen LogP contribution in [0.25, 0.3) is 5.69 Å². The summed E-state index contributed by atoms with van der Waals surface area (Å²) >= 11 is 0. The van der Waals surface area contributed by atoms with Crippen LogP contribution in [0.5, 0.6) is 5.75 Å². The molecule has 1 N–H and O–H groups in total. The van der Waals surface area contributed by atoms with Gasteiger partial charge in [-0.25, -0.2) is 9.07 Å². The second kappa shape index (κ2) is 7.61. The lowest BCUT2D eigenvalue weighted by Crippen LogP contribution is -2.23. The van der Waals surface area contributed by atoms with E-state index in [2.05, 4.69) is 10.4 Å². The van der Waals surface area contributed by atoms with Crippen molar-refractivity contribution in [3.63, 3.8) is 0 Å². The van der Waals surface area contributed by atoms with E-state index < -0.39 is 0 Å². The third-order valence-electron chi connectivity index (χ3n) is 3.61. The first-order valence-electron chi connectivity index (χ1n) is 7.98. The Morgan fingerprint density at radius 1 is 1.16 bits per heavy atom. The molecule has 0 spiro atoms. The van der Waals surface area contributed by atoms with E-state index in [0.29, 0.717) is 29.3 Å². The van der Waals surface area contributed by atoms with E-state index in [1.807, 2.05) is 13.0 Å². The van der Waals surface area contributed by atoms with Gasteiger partial charge in [0.15, 0.2) is 0 Å². The van der Waals surface area contributed by atoms with Crippen molar-refractivity contribution in [2.45, 2.75) is 13.5 Å². The molecular formula is C19H18FN3O2. The topological polar surface area (TPSA) is 56.1 Å². The minimum Gasteiger partial charge on any atom is -0.493 e. The number of amides is 1. The average molecular weight is 339 g/mol. The van der Waals surface area contributed by atoms with E-state index >= 15 is 0 Å². The largest absolute Gasteiger partial charge is 0.493 e. The lowest BCUT2D eigenvalue weighted by molar-refractivity contribution is 0.0946. The number of rotatable bonds is 6. The second-order valence-corrected chi connectivity index (χ2v) is 5.31. The first kappa shape index (κ1) is 16.7. The number of hydrogen-bond donors (Lipinski definition) is 1. The van der Waals surface area contributed by atoms with E-state index in [9.17, 15) is 9.18 Å². The molecule has 2 aromatic carbocycles. The van der Waals surface area contributed by atoms with Gasteiger partial charge in [-0.1, -0.05) is 24.3 Å². The molecule has 0 fully saturated rings. The Bertz CT molecular complexity index is 876. The Balaban J connectivity index is 1.69. The number of nitrogens with zero attached hydrogens (tertiary/aromatic N) is 2. The minimum atomic E-state index is -0.355. The maximum atomic E-state index is 13.8. The Hall–Kier alpha value is -3.15. The van der Waals surface area contributed by atoms with Crippen molar-refractivity contribution in [3.8, 4) is 11.4 Å². The van der Waals surface area contributed by atoms with Gasteiger partial charge < -0.3 is 10.1 Å². The molecule has 0 radical (unpaired) electrons. The van der Waals surface area contributed by atoms with Gasteiger partial charge in [-0.3, -0.25) is 4.79 Å². The molecule has 0 saturated carbocycles. The van der Waals surface area contributed by atoms with Crippen LogP contribution in [0.15, 0.2) is 60.8 Å². The molecule has 0 aliphatic heterocycles. The number of halogens is 1. The molecule has 5 nitrogen and oxygen atoms in total. The Labute approximate surface area is 145 Å². The summed E-state index contributed by atoms with van der Waals surface area (Å²) in [5.74, 6) is -0.0595. The van der Waals surface area contributed by atoms with Crippen LogP contribution in [0.4, 0.5) is 4.39 Å². The van der Waals surface area contributed by atoms with Gasteiger partial charge in [0.05, 0.1) is 24.4 Å². The molecule has 1 aromatic heterocycles. The summed E-state index contributed by atoms with van der Waals surface area (Å²) < 4.78 is 20.7. The molecule has 3 rings (SSSR count). The molecule has 3 aromatic rings. The lowest BCUT2D eigenvalue weighted by atomic mass is 10.2. The highest BCUT2D eigenvalue weighted by molar-refractivity contribution is 5.96. The first-order chi connectivity index (χ1) is 12.2. The van der Waals surface area contributed by atoms with E-state index in [1.165, 1.54) is 10.7 Å². The van der Waals surface area contributed by atoms with E-state index in [1.54, 1.807) is 48.7 Å². The number of carbonyl (C=O) groups excluding carboxylic acids is 1. The third kappa shape index (κ3) is 3.85. The lowest BCUT2D eigenvalue weighted by Gasteiger charge is -2.09. The van der Waals surface area contributed by atoms with E-state index in [0.717, 1.165) is 0 Å². The quantitative estimate of drug-likeness (QED) is 0.749.